The fourth-order valence-electron chi connectivity index (χ4n) is 3.68. The van der Waals surface area contributed by atoms with E-state index in [4.69, 9.17) is 23.2 Å². The third-order valence-corrected chi connectivity index (χ3v) is 8.08. The van der Waals surface area contributed by atoms with Crippen LogP contribution in [0.5, 0.6) is 0 Å². The van der Waals surface area contributed by atoms with Crippen LogP contribution in [0.4, 0.5) is 5.69 Å². The Morgan fingerprint density at radius 3 is 2.38 bits per heavy atom. The molecule has 3 rings (SSSR count). The molecule has 1 N–H and O–H groups in total. The zero-order valence-corrected chi connectivity index (χ0v) is 21.7. The van der Waals surface area contributed by atoms with Crippen LogP contribution in [0, 0.1) is 6.92 Å². The first kappa shape index (κ1) is 26.2. The molecule has 0 atom stereocenters. The lowest BCUT2D eigenvalue weighted by molar-refractivity contribution is -0.116. The number of benzene rings is 3. The van der Waals surface area contributed by atoms with Crippen molar-refractivity contribution < 1.29 is 13.2 Å². The highest BCUT2D eigenvalue weighted by Gasteiger charge is 2.29. The summed E-state index contributed by atoms with van der Waals surface area (Å²) in [6, 6.07) is 19.6. The first-order valence-corrected chi connectivity index (χ1v) is 13.2. The van der Waals surface area contributed by atoms with Gasteiger partial charge in [-0.2, -0.15) is 4.31 Å². The highest BCUT2D eigenvalue weighted by molar-refractivity contribution is 7.89. The summed E-state index contributed by atoms with van der Waals surface area (Å²) < 4.78 is 28.3. The average molecular weight is 519 g/mol. The highest BCUT2D eigenvalue weighted by Crippen LogP contribution is 2.29. The van der Waals surface area contributed by atoms with Crippen molar-refractivity contribution in [3.8, 4) is 0 Å². The lowest BCUT2D eigenvalue weighted by Gasteiger charge is -2.23. The molecular weight excluding hydrogens is 491 g/mol. The predicted octanol–water partition coefficient (Wildman–Crippen LogP) is 6.30. The van der Waals surface area contributed by atoms with Crippen LogP contribution in [0.25, 0.3) is 0 Å². The molecular formula is C26H28Cl2N2O3S. The molecule has 3 aromatic rings. The van der Waals surface area contributed by atoms with E-state index >= 15 is 0 Å². The summed E-state index contributed by atoms with van der Waals surface area (Å²) in [7, 11) is -4.09. The van der Waals surface area contributed by atoms with Crippen LogP contribution >= 0.6 is 23.2 Å². The van der Waals surface area contributed by atoms with Gasteiger partial charge in [0.1, 0.15) is 4.90 Å². The van der Waals surface area contributed by atoms with Crippen molar-refractivity contribution in [1.29, 1.82) is 0 Å². The van der Waals surface area contributed by atoms with Crippen molar-refractivity contribution in [1.82, 2.24) is 4.31 Å². The smallest absolute Gasteiger partial charge is 0.245 e. The molecule has 0 saturated carbocycles. The molecule has 0 fully saturated rings. The minimum absolute atomic E-state index is 0.0514. The number of halogens is 2. The largest absolute Gasteiger partial charge is 0.324 e. The Hall–Kier alpha value is -2.38. The summed E-state index contributed by atoms with van der Waals surface area (Å²) in [6.07, 6.45) is 0.438. The first-order valence-electron chi connectivity index (χ1n) is 11.0. The summed E-state index contributed by atoms with van der Waals surface area (Å²) in [5, 5.41) is 3.23. The van der Waals surface area contributed by atoms with Gasteiger partial charge in [0.15, 0.2) is 0 Å². The summed E-state index contributed by atoms with van der Waals surface area (Å²) in [5.74, 6) is -0.232. The topological polar surface area (TPSA) is 66.5 Å². The van der Waals surface area contributed by atoms with Crippen molar-refractivity contribution >= 4 is 44.8 Å². The number of carbonyl (C=O) groups is 1. The van der Waals surface area contributed by atoms with Crippen LogP contribution in [0.15, 0.2) is 71.6 Å². The minimum atomic E-state index is -4.09. The SMILES string of the molecule is Cc1cccc(C(C)C)c1NC(=O)CN(CCc1ccccc1)S(=O)(=O)c1cc(Cl)ccc1Cl. The molecule has 8 heteroatoms. The monoisotopic (exact) mass is 518 g/mol. The van der Waals surface area contributed by atoms with Gasteiger partial charge < -0.3 is 5.32 Å². The highest BCUT2D eigenvalue weighted by atomic mass is 35.5. The van der Waals surface area contributed by atoms with Crippen LogP contribution < -0.4 is 5.32 Å². The zero-order valence-electron chi connectivity index (χ0n) is 19.4. The fourth-order valence-corrected chi connectivity index (χ4v) is 5.81. The molecule has 0 bridgehead atoms. The Kier molecular flexibility index (Phi) is 8.77. The Labute approximate surface area is 211 Å². The molecule has 1 amide bonds. The number of anilines is 1. The molecule has 0 aromatic heterocycles. The van der Waals surface area contributed by atoms with E-state index in [1.165, 1.54) is 18.2 Å². The van der Waals surface area contributed by atoms with Gasteiger partial charge in [0, 0.05) is 17.3 Å². The molecule has 0 unspecified atom stereocenters. The molecule has 3 aromatic carbocycles. The van der Waals surface area contributed by atoms with Crippen molar-refractivity contribution in [2.24, 2.45) is 0 Å². The lowest BCUT2D eigenvalue weighted by Crippen LogP contribution is -2.39. The number of hydrogen-bond acceptors (Lipinski definition) is 3. The molecule has 0 aliphatic heterocycles. The van der Waals surface area contributed by atoms with E-state index in [1.807, 2.05) is 69.3 Å². The Bertz CT molecular complexity index is 1260. The summed E-state index contributed by atoms with van der Waals surface area (Å²) in [6.45, 7) is 5.75. The summed E-state index contributed by atoms with van der Waals surface area (Å²) in [4.78, 5) is 13.0. The minimum Gasteiger partial charge on any atom is -0.324 e. The molecule has 0 aliphatic rings. The number of para-hydroxylation sites is 1. The van der Waals surface area contributed by atoms with Gasteiger partial charge in [-0.15, -0.1) is 0 Å². The standard InChI is InChI=1S/C26H28Cl2N2O3S/c1-18(2)22-11-7-8-19(3)26(22)29-25(31)17-30(15-14-20-9-5-4-6-10-20)34(32,33)24-16-21(27)12-13-23(24)28/h4-13,16,18H,14-15,17H2,1-3H3,(H,29,31). The second-order valence-electron chi connectivity index (χ2n) is 8.39. The number of nitrogens with one attached hydrogen (secondary N) is 1. The van der Waals surface area contributed by atoms with E-state index in [9.17, 15) is 13.2 Å². The van der Waals surface area contributed by atoms with Gasteiger partial charge >= 0.3 is 0 Å². The molecule has 0 heterocycles. The van der Waals surface area contributed by atoms with Crippen LogP contribution in [0.1, 0.15) is 36.5 Å². The number of rotatable bonds is 9. The molecule has 0 saturated heterocycles. The maximum atomic E-state index is 13.6. The third-order valence-electron chi connectivity index (χ3n) is 5.52. The number of nitrogens with zero attached hydrogens (tertiary/aromatic N) is 1. The number of amides is 1. The van der Waals surface area contributed by atoms with E-state index in [0.717, 1.165) is 21.0 Å². The number of hydrogen-bond donors (Lipinski definition) is 1. The second-order valence-corrected chi connectivity index (χ2v) is 11.1. The molecule has 0 aliphatic carbocycles. The van der Waals surface area contributed by atoms with Crippen molar-refractivity contribution in [3.05, 3.63) is 93.5 Å². The van der Waals surface area contributed by atoms with Gasteiger partial charge in [0.05, 0.1) is 11.6 Å². The number of carbonyl (C=O) groups excluding carboxylic acids is 1. The van der Waals surface area contributed by atoms with E-state index in [-0.39, 0.29) is 33.9 Å². The summed E-state index contributed by atoms with van der Waals surface area (Å²) in [5.41, 5.74) is 3.58. The van der Waals surface area contributed by atoms with Gasteiger partial charge in [-0.25, -0.2) is 8.42 Å². The maximum Gasteiger partial charge on any atom is 0.245 e. The maximum absolute atomic E-state index is 13.6. The molecule has 5 nitrogen and oxygen atoms in total. The predicted molar refractivity (Wildman–Crippen MR) is 139 cm³/mol. The normalized spacial score (nSPS) is 11.7. The molecule has 34 heavy (non-hydrogen) atoms. The van der Waals surface area contributed by atoms with Crippen molar-refractivity contribution in [2.45, 2.75) is 38.0 Å². The Morgan fingerprint density at radius 1 is 1.00 bits per heavy atom. The molecule has 0 radical (unpaired) electrons. The van der Waals surface area contributed by atoms with E-state index in [1.54, 1.807) is 0 Å². The number of aryl methyl sites for hydroxylation is 1. The van der Waals surface area contributed by atoms with Crippen molar-refractivity contribution in [3.63, 3.8) is 0 Å². The fraction of sp³-hybridized carbons (Fsp3) is 0.269. The molecule has 0 spiro atoms. The third kappa shape index (κ3) is 6.39. The lowest BCUT2D eigenvalue weighted by atomic mass is 9.98. The van der Waals surface area contributed by atoms with Crippen molar-refractivity contribution in [2.75, 3.05) is 18.4 Å². The van der Waals surface area contributed by atoms with Gasteiger partial charge in [-0.1, -0.05) is 85.6 Å². The van der Waals surface area contributed by atoms with Gasteiger partial charge in [-0.05, 0) is 54.2 Å². The first-order chi connectivity index (χ1) is 16.1. The Balaban J connectivity index is 1.91. The molecule has 180 valence electrons. The van der Waals surface area contributed by atoms with E-state index in [0.29, 0.717) is 12.1 Å². The van der Waals surface area contributed by atoms with Crippen LogP contribution in [-0.2, 0) is 21.2 Å². The Morgan fingerprint density at radius 2 is 1.71 bits per heavy atom. The summed E-state index contributed by atoms with van der Waals surface area (Å²) >= 11 is 12.3. The van der Waals surface area contributed by atoms with Gasteiger partial charge in [0.25, 0.3) is 0 Å². The van der Waals surface area contributed by atoms with E-state index in [2.05, 4.69) is 5.32 Å². The number of sulfonamides is 1. The van der Waals surface area contributed by atoms with Crippen LogP contribution in [0.3, 0.4) is 0 Å². The van der Waals surface area contributed by atoms with Crippen LogP contribution in [-0.4, -0.2) is 31.7 Å². The quantitative estimate of drug-likeness (QED) is 0.361. The van der Waals surface area contributed by atoms with Crippen LogP contribution in [0.2, 0.25) is 10.0 Å². The second kappa shape index (κ2) is 11.4. The van der Waals surface area contributed by atoms with Gasteiger partial charge in [-0.3, -0.25) is 4.79 Å². The average Bonchev–Trinajstić information content (AvgIpc) is 2.79. The van der Waals surface area contributed by atoms with Gasteiger partial charge in [0.2, 0.25) is 15.9 Å². The zero-order chi connectivity index (χ0) is 24.9. The van der Waals surface area contributed by atoms with E-state index < -0.39 is 15.9 Å².